The van der Waals surface area contributed by atoms with Gasteiger partial charge in [-0.3, -0.25) is 9.79 Å². The summed E-state index contributed by atoms with van der Waals surface area (Å²) in [4.78, 5) is 24.3. The van der Waals surface area contributed by atoms with Gasteiger partial charge in [-0.25, -0.2) is 4.98 Å². The molecule has 7 nitrogen and oxygen atoms in total. The molecule has 1 fully saturated rings. The molecule has 0 saturated heterocycles. The second-order valence-corrected chi connectivity index (χ2v) is 9.44. The molecule has 1 aromatic heterocycles. The molecule has 0 bridgehead atoms. The number of amidine groups is 1. The summed E-state index contributed by atoms with van der Waals surface area (Å²) in [6, 6.07) is 0.399. The van der Waals surface area contributed by atoms with Crippen LogP contribution in [0.15, 0.2) is 4.99 Å². The van der Waals surface area contributed by atoms with Crippen molar-refractivity contribution in [3.05, 3.63) is 11.5 Å². The van der Waals surface area contributed by atoms with Gasteiger partial charge in [-0.15, -0.1) is 0 Å². The van der Waals surface area contributed by atoms with E-state index in [0.29, 0.717) is 6.04 Å². The zero-order chi connectivity index (χ0) is 21.1. The van der Waals surface area contributed by atoms with Crippen molar-refractivity contribution < 1.29 is 9.90 Å². The maximum absolute atomic E-state index is 11.0. The van der Waals surface area contributed by atoms with Gasteiger partial charge in [-0.2, -0.15) is 0 Å². The molecule has 3 rings (SSSR count). The number of hydrogen-bond acceptors (Lipinski definition) is 5. The molecule has 4 N–H and O–H groups in total. The lowest BCUT2D eigenvalue weighted by Crippen LogP contribution is -2.35. The van der Waals surface area contributed by atoms with E-state index in [4.69, 9.17) is 15.1 Å². The van der Waals surface area contributed by atoms with Crippen LogP contribution in [0.2, 0.25) is 0 Å². The molecule has 0 radical (unpaired) electrons. The van der Waals surface area contributed by atoms with E-state index in [1.165, 1.54) is 0 Å². The second kappa shape index (κ2) is 8.76. The van der Waals surface area contributed by atoms with Crippen molar-refractivity contribution in [2.45, 2.75) is 90.5 Å². The Labute approximate surface area is 174 Å². The highest BCUT2D eigenvalue weighted by atomic mass is 16.4. The molecule has 1 aliphatic carbocycles. The van der Waals surface area contributed by atoms with E-state index >= 15 is 0 Å². The Bertz CT molecular complexity index is 746. The van der Waals surface area contributed by atoms with Crippen molar-refractivity contribution in [1.82, 2.24) is 15.3 Å². The Morgan fingerprint density at radius 3 is 2.55 bits per heavy atom. The zero-order valence-electron chi connectivity index (χ0n) is 18.4. The summed E-state index contributed by atoms with van der Waals surface area (Å²) >= 11 is 0. The molecule has 1 saturated carbocycles. The SMILES string of the molecule is CCCNc1nc(C2(C)CCC(C)(CCC(=O)O)CC2)[nH]c1C1=NC[C@@H](CC)N1. The van der Waals surface area contributed by atoms with Crippen LogP contribution >= 0.6 is 0 Å². The number of nitrogens with one attached hydrogen (secondary N) is 3. The zero-order valence-corrected chi connectivity index (χ0v) is 18.4. The number of carboxylic acid groups (broad SMARTS) is 1. The van der Waals surface area contributed by atoms with E-state index in [1.807, 2.05) is 0 Å². The topological polar surface area (TPSA) is 102 Å². The first-order valence-corrected chi connectivity index (χ1v) is 11.2. The molecule has 162 valence electrons. The van der Waals surface area contributed by atoms with E-state index in [1.54, 1.807) is 0 Å². The van der Waals surface area contributed by atoms with Gasteiger partial charge < -0.3 is 20.7 Å². The normalized spacial score (nSPS) is 29.4. The van der Waals surface area contributed by atoms with Gasteiger partial charge in [0, 0.05) is 24.4 Å². The lowest BCUT2D eigenvalue weighted by atomic mass is 9.63. The fourth-order valence-electron chi connectivity index (χ4n) is 4.37. The molecule has 29 heavy (non-hydrogen) atoms. The summed E-state index contributed by atoms with van der Waals surface area (Å²) in [5, 5.41) is 16.0. The molecule has 0 aromatic carbocycles. The van der Waals surface area contributed by atoms with Crippen molar-refractivity contribution >= 4 is 17.6 Å². The van der Waals surface area contributed by atoms with E-state index in [2.05, 4.69) is 43.3 Å². The number of H-pyrrole nitrogens is 1. The number of imidazole rings is 1. The van der Waals surface area contributed by atoms with Gasteiger partial charge in [0.25, 0.3) is 0 Å². The Balaban J connectivity index is 1.77. The third-order valence-electron chi connectivity index (χ3n) is 6.86. The summed E-state index contributed by atoms with van der Waals surface area (Å²) < 4.78 is 0. The monoisotopic (exact) mass is 403 g/mol. The molecule has 1 aliphatic heterocycles. The van der Waals surface area contributed by atoms with Crippen LogP contribution in [0.1, 0.15) is 90.6 Å². The average molecular weight is 404 g/mol. The number of nitrogens with zero attached hydrogens (tertiary/aromatic N) is 2. The maximum Gasteiger partial charge on any atom is 0.303 e. The number of hydrogen-bond donors (Lipinski definition) is 4. The van der Waals surface area contributed by atoms with E-state index in [-0.39, 0.29) is 17.3 Å². The summed E-state index contributed by atoms with van der Waals surface area (Å²) in [5.74, 6) is 2.14. The van der Waals surface area contributed by atoms with Crippen LogP contribution in [0.5, 0.6) is 0 Å². The lowest BCUT2D eigenvalue weighted by Gasteiger charge is -2.42. The van der Waals surface area contributed by atoms with Crippen molar-refractivity contribution in [2.75, 3.05) is 18.4 Å². The van der Waals surface area contributed by atoms with E-state index in [0.717, 1.165) is 81.2 Å². The molecular weight excluding hydrogens is 366 g/mol. The van der Waals surface area contributed by atoms with Gasteiger partial charge in [0.15, 0.2) is 5.82 Å². The first-order chi connectivity index (χ1) is 13.8. The minimum Gasteiger partial charge on any atom is -0.481 e. The van der Waals surface area contributed by atoms with Gasteiger partial charge in [0.05, 0.1) is 6.54 Å². The van der Waals surface area contributed by atoms with Crippen LogP contribution in [-0.4, -0.2) is 46.0 Å². The Morgan fingerprint density at radius 2 is 1.97 bits per heavy atom. The number of carboxylic acids is 1. The largest absolute Gasteiger partial charge is 0.481 e. The summed E-state index contributed by atoms with van der Waals surface area (Å²) in [6.07, 6.45) is 7.19. The van der Waals surface area contributed by atoms with Crippen LogP contribution in [-0.2, 0) is 10.2 Å². The smallest absolute Gasteiger partial charge is 0.303 e. The number of anilines is 1. The first-order valence-electron chi connectivity index (χ1n) is 11.2. The number of aliphatic carboxylic acids is 1. The number of aromatic nitrogens is 2. The number of aromatic amines is 1. The van der Waals surface area contributed by atoms with Gasteiger partial charge in [-0.1, -0.05) is 27.7 Å². The van der Waals surface area contributed by atoms with Crippen LogP contribution < -0.4 is 10.6 Å². The van der Waals surface area contributed by atoms with Gasteiger partial charge in [0.1, 0.15) is 17.4 Å². The van der Waals surface area contributed by atoms with Crippen LogP contribution in [0.25, 0.3) is 0 Å². The highest BCUT2D eigenvalue weighted by Crippen LogP contribution is 2.48. The van der Waals surface area contributed by atoms with E-state index in [9.17, 15) is 4.79 Å². The molecule has 1 aromatic rings. The minimum atomic E-state index is -0.697. The van der Waals surface area contributed by atoms with Crippen molar-refractivity contribution in [3.63, 3.8) is 0 Å². The molecular formula is C22H37N5O2. The predicted octanol–water partition coefficient (Wildman–Crippen LogP) is 4.06. The fraction of sp³-hybridized carbons (Fsp3) is 0.773. The third-order valence-corrected chi connectivity index (χ3v) is 6.86. The van der Waals surface area contributed by atoms with Crippen molar-refractivity contribution in [1.29, 1.82) is 0 Å². The number of carbonyl (C=O) groups is 1. The van der Waals surface area contributed by atoms with Crippen LogP contribution in [0.4, 0.5) is 5.82 Å². The molecule has 2 heterocycles. The Kier molecular flexibility index (Phi) is 6.54. The van der Waals surface area contributed by atoms with Gasteiger partial charge >= 0.3 is 5.97 Å². The average Bonchev–Trinajstić information content (AvgIpc) is 3.34. The summed E-state index contributed by atoms with van der Waals surface area (Å²) in [7, 11) is 0. The fourth-order valence-corrected chi connectivity index (χ4v) is 4.37. The standard InChI is InChI=1S/C22H37N5O2/c1-5-13-23-18-17(19-24-14-15(6-2)25-19)26-20(27-18)22(4)11-9-21(3,10-12-22)8-7-16(28)29/h15,23H,5-14H2,1-4H3,(H,24,25)(H,26,27)(H,28,29)/t15-,21?,22?/m1/s1. The molecule has 7 heteroatoms. The first kappa shape index (κ1) is 21.7. The lowest BCUT2D eigenvalue weighted by molar-refractivity contribution is -0.137. The molecule has 0 unspecified atom stereocenters. The Hall–Kier alpha value is -2.05. The minimum absolute atomic E-state index is 0.0209. The van der Waals surface area contributed by atoms with Gasteiger partial charge in [-0.05, 0) is 50.4 Å². The molecule has 2 aliphatic rings. The predicted molar refractivity (Wildman–Crippen MR) is 117 cm³/mol. The quantitative estimate of drug-likeness (QED) is 0.498. The maximum atomic E-state index is 11.0. The van der Waals surface area contributed by atoms with Crippen molar-refractivity contribution in [2.24, 2.45) is 10.4 Å². The van der Waals surface area contributed by atoms with Crippen molar-refractivity contribution in [3.8, 4) is 0 Å². The summed E-state index contributed by atoms with van der Waals surface area (Å²) in [6.45, 7) is 10.5. The highest BCUT2D eigenvalue weighted by Gasteiger charge is 2.41. The molecule has 1 atom stereocenters. The van der Waals surface area contributed by atoms with Crippen LogP contribution in [0, 0.1) is 5.41 Å². The summed E-state index contributed by atoms with van der Waals surface area (Å²) in [5.41, 5.74) is 1.07. The second-order valence-electron chi connectivity index (χ2n) is 9.44. The Morgan fingerprint density at radius 1 is 1.24 bits per heavy atom. The molecule has 0 amide bonds. The third kappa shape index (κ3) is 4.93. The number of rotatable bonds is 9. The van der Waals surface area contributed by atoms with Crippen LogP contribution in [0.3, 0.4) is 0 Å². The van der Waals surface area contributed by atoms with Gasteiger partial charge in [0.2, 0.25) is 0 Å². The highest BCUT2D eigenvalue weighted by molar-refractivity contribution is 6.02. The number of aliphatic imine (C=N–C) groups is 1. The van der Waals surface area contributed by atoms with E-state index < -0.39 is 5.97 Å². The molecule has 0 spiro atoms.